The first kappa shape index (κ1) is 13.5. The van der Waals surface area contributed by atoms with Crippen LogP contribution in [0.2, 0.25) is 0 Å². The van der Waals surface area contributed by atoms with Crippen LogP contribution in [0.3, 0.4) is 0 Å². The van der Waals surface area contributed by atoms with Crippen LogP contribution in [-0.2, 0) is 13.1 Å². The summed E-state index contributed by atoms with van der Waals surface area (Å²) in [6.45, 7) is 5.05. The van der Waals surface area contributed by atoms with E-state index in [9.17, 15) is 4.79 Å². The molecular weight excluding hydrogens is 262 g/mol. The van der Waals surface area contributed by atoms with Gasteiger partial charge in [-0.2, -0.15) is 0 Å². The van der Waals surface area contributed by atoms with Crippen molar-refractivity contribution in [3.05, 3.63) is 34.8 Å². The highest BCUT2D eigenvalue weighted by Gasteiger charge is 2.08. The van der Waals surface area contributed by atoms with Crippen LogP contribution in [0.15, 0.2) is 24.1 Å². The van der Waals surface area contributed by atoms with E-state index in [2.05, 4.69) is 20.6 Å². The molecule has 0 bridgehead atoms. The number of imidazole rings is 1. The summed E-state index contributed by atoms with van der Waals surface area (Å²) >= 11 is 1.55. The highest BCUT2D eigenvalue weighted by molar-refractivity contribution is 7.09. The lowest BCUT2D eigenvalue weighted by Crippen LogP contribution is -2.42. The number of thiazole rings is 1. The van der Waals surface area contributed by atoms with Crippen molar-refractivity contribution in [3.63, 3.8) is 0 Å². The van der Waals surface area contributed by atoms with Crippen molar-refractivity contribution in [2.75, 3.05) is 0 Å². The van der Waals surface area contributed by atoms with Gasteiger partial charge in [-0.3, -0.25) is 0 Å². The van der Waals surface area contributed by atoms with Crippen LogP contribution < -0.4 is 10.6 Å². The van der Waals surface area contributed by atoms with E-state index in [1.165, 1.54) is 0 Å². The maximum absolute atomic E-state index is 11.7. The number of aromatic nitrogens is 3. The second kappa shape index (κ2) is 6.33. The van der Waals surface area contributed by atoms with Crippen LogP contribution in [0.4, 0.5) is 4.79 Å². The lowest BCUT2D eigenvalue weighted by Gasteiger charge is -2.14. The number of hydrogen-bond acceptors (Lipinski definition) is 4. The Kier molecular flexibility index (Phi) is 4.51. The lowest BCUT2D eigenvalue weighted by atomic mass is 10.3. The van der Waals surface area contributed by atoms with Crippen LogP contribution in [0.25, 0.3) is 0 Å². The molecule has 7 heteroatoms. The van der Waals surface area contributed by atoms with E-state index in [4.69, 9.17) is 0 Å². The average Bonchev–Trinajstić information content (AvgIpc) is 2.98. The molecule has 2 heterocycles. The van der Waals surface area contributed by atoms with Gasteiger partial charge in [0.15, 0.2) is 0 Å². The molecule has 0 aliphatic heterocycles. The van der Waals surface area contributed by atoms with Gasteiger partial charge in [0, 0.05) is 36.1 Å². The number of nitrogens with zero attached hydrogens (tertiary/aromatic N) is 3. The van der Waals surface area contributed by atoms with Gasteiger partial charge in [-0.15, -0.1) is 11.3 Å². The van der Waals surface area contributed by atoms with E-state index >= 15 is 0 Å². The Morgan fingerprint density at radius 1 is 1.58 bits per heavy atom. The molecule has 102 valence electrons. The van der Waals surface area contributed by atoms with Crippen LogP contribution in [0.5, 0.6) is 0 Å². The number of urea groups is 1. The monoisotopic (exact) mass is 279 g/mol. The molecule has 0 aliphatic carbocycles. The number of aryl methyl sites for hydroxylation is 1. The largest absolute Gasteiger partial charge is 0.335 e. The minimum Gasteiger partial charge on any atom is -0.335 e. The van der Waals surface area contributed by atoms with Gasteiger partial charge in [0.2, 0.25) is 0 Å². The van der Waals surface area contributed by atoms with Gasteiger partial charge < -0.3 is 15.2 Å². The van der Waals surface area contributed by atoms with Crippen molar-refractivity contribution in [3.8, 4) is 0 Å². The third-order valence-corrected chi connectivity index (χ3v) is 3.45. The molecule has 0 aromatic carbocycles. The van der Waals surface area contributed by atoms with E-state index in [1.807, 2.05) is 30.0 Å². The smallest absolute Gasteiger partial charge is 0.315 e. The van der Waals surface area contributed by atoms with Crippen molar-refractivity contribution >= 4 is 17.4 Å². The Morgan fingerprint density at radius 3 is 3.05 bits per heavy atom. The van der Waals surface area contributed by atoms with Crippen molar-refractivity contribution in [2.45, 2.75) is 33.0 Å². The van der Waals surface area contributed by atoms with E-state index in [0.717, 1.165) is 10.7 Å². The molecule has 2 aromatic rings. The Balaban J connectivity index is 1.71. The number of nitrogens with one attached hydrogen (secondary N) is 2. The van der Waals surface area contributed by atoms with Crippen molar-refractivity contribution in [1.82, 2.24) is 25.2 Å². The quantitative estimate of drug-likeness (QED) is 0.872. The second-order valence-corrected chi connectivity index (χ2v) is 5.31. The fourth-order valence-electron chi connectivity index (χ4n) is 1.67. The summed E-state index contributed by atoms with van der Waals surface area (Å²) < 4.78 is 1.93. The lowest BCUT2D eigenvalue weighted by molar-refractivity contribution is 0.236. The third kappa shape index (κ3) is 4.36. The second-order valence-electron chi connectivity index (χ2n) is 4.37. The molecule has 2 aromatic heterocycles. The zero-order valence-electron chi connectivity index (χ0n) is 11.0. The van der Waals surface area contributed by atoms with Crippen LogP contribution in [-0.4, -0.2) is 26.6 Å². The van der Waals surface area contributed by atoms with Gasteiger partial charge in [-0.1, -0.05) is 0 Å². The van der Waals surface area contributed by atoms with Crippen molar-refractivity contribution in [2.24, 2.45) is 0 Å². The minimum atomic E-state index is -0.180. The van der Waals surface area contributed by atoms with E-state index in [-0.39, 0.29) is 12.1 Å². The van der Waals surface area contributed by atoms with E-state index in [0.29, 0.717) is 13.1 Å². The summed E-state index contributed by atoms with van der Waals surface area (Å²) in [5, 5.41) is 8.55. The maximum atomic E-state index is 11.7. The maximum Gasteiger partial charge on any atom is 0.315 e. The Hall–Kier alpha value is -1.89. The van der Waals surface area contributed by atoms with Crippen LogP contribution >= 0.6 is 11.3 Å². The van der Waals surface area contributed by atoms with E-state index in [1.54, 1.807) is 23.9 Å². The molecule has 0 spiro atoms. The minimum absolute atomic E-state index is 0.0345. The Morgan fingerprint density at radius 2 is 2.42 bits per heavy atom. The first-order valence-corrected chi connectivity index (χ1v) is 6.92. The van der Waals surface area contributed by atoms with Gasteiger partial charge in [0.1, 0.15) is 5.01 Å². The van der Waals surface area contributed by atoms with Gasteiger partial charge in [0.25, 0.3) is 0 Å². The Bertz CT molecular complexity index is 522. The van der Waals surface area contributed by atoms with Gasteiger partial charge in [-0.25, -0.2) is 14.8 Å². The van der Waals surface area contributed by atoms with Crippen LogP contribution in [0, 0.1) is 6.92 Å². The number of carbonyl (C=O) groups excluding carboxylic acids is 1. The summed E-state index contributed by atoms with van der Waals surface area (Å²) in [7, 11) is 0. The Labute approximate surface area is 115 Å². The third-order valence-electron chi connectivity index (χ3n) is 2.49. The van der Waals surface area contributed by atoms with Crippen LogP contribution in [0.1, 0.15) is 17.6 Å². The summed E-state index contributed by atoms with van der Waals surface area (Å²) in [5.41, 5.74) is 0.982. The van der Waals surface area contributed by atoms with Crippen molar-refractivity contribution in [1.29, 1.82) is 0 Å². The van der Waals surface area contributed by atoms with Crippen molar-refractivity contribution < 1.29 is 4.79 Å². The molecule has 0 radical (unpaired) electrons. The highest BCUT2D eigenvalue weighted by Crippen LogP contribution is 2.07. The molecule has 2 N–H and O–H groups in total. The molecule has 2 amide bonds. The highest BCUT2D eigenvalue weighted by atomic mass is 32.1. The number of amides is 2. The molecule has 19 heavy (non-hydrogen) atoms. The molecule has 1 unspecified atom stereocenters. The zero-order valence-corrected chi connectivity index (χ0v) is 11.8. The van der Waals surface area contributed by atoms with Gasteiger partial charge >= 0.3 is 6.03 Å². The number of hydrogen-bond donors (Lipinski definition) is 2. The fourth-order valence-corrected chi connectivity index (χ4v) is 2.38. The normalized spacial score (nSPS) is 12.1. The molecule has 1 atom stereocenters. The summed E-state index contributed by atoms with van der Waals surface area (Å²) in [6, 6.07) is -0.146. The summed E-state index contributed by atoms with van der Waals surface area (Å²) in [5.74, 6) is 0. The predicted molar refractivity (Wildman–Crippen MR) is 73.9 cm³/mol. The standard InChI is InChI=1S/C12H17N5OS/c1-9(6-17-4-3-13-8-17)16-12(18)14-5-11-15-10(2)7-19-11/h3-4,7-9H,5-6H2,1-2H3,(H2,14,16,18). The predicted octanol–water partition coefficient (Wildman–Crippen LogP) is 1.54. The molecule has 0 fully saturated rings. The van der Waals surface area contributed by atoms with Gasteiger partial charge in [-0.05, 0) is 13.8 Å². The molecule has 0 aliphatic rings. The SMILES string of the molecule is Cc1csc(CNC(=O)NC(C)Cn2ccnc2)n1. The summed E-state index contributed by atoms with van der Waals surface area (Å²) in [4.78, 5) is 19.9. The molecule has 6 nitrogen and oxygen atoms in total. The molecule has 0 saturated heterocycles. The summed E-state index contributed by atoms with van der Waals surface area (Å²) in [6.07, 6.45) is 5.32. The number of rotatable bonds is 5. The number of carbonyl (C=O) groups is 1. The molecule has 2 rings (SSSR count). The van der Waals surface area contributed by atoms with Gasteiger partial charge in [0.05, 0.1) is 12.9 Å². The van der Waals surface area contributed by atoms with E-state index < -0.39 is 0 Å². The first-order valence-electron chi connectivity index (χ1n) is 6.04. The zero-order chi connectivity index (χ0) is 13.7. The fraction of sp³-hybridized carbons (Fsp3) is 0.417. The first-order chi connectivity index (χ1) is 9.13. The topological polar surface area (TPSA) is 71.8 Å². The average molecular weight is 279 g/mol. The molecular formula is C12H17N5OS. The molecule has 0 saturated carbocycles.